The van der Waals surface area contributed by atoms with Gasteiger partial charge in [-0.3, -0.25) is 0 Å². The second-order valence-electron chi connectivity index (χ2n) is 9.09. The number of fused-ring (bicyclic) bond motifs is 1. The van der Waals surface area contributed by atoms with E-state index in [1.807, 2.05) is 11.5 Å². The zero-order valence-electron chi connectivity index (χ0n) is 19.0. The van der Waals surface area contributed by atoms with Gasteiger partial charge in [0, 0.05) is 29.2 Å². The van der Waals surface area contributed by atoms with Gasteiger partial charge < -0.3 is 19.9 Å². The SMILES string of the molecule is CCOc1ccc2c(C(F)(F)F)c(-c3ccc(NC(=O)NC4CCC4)cc3)n(C3CCC3)c2c1. The van der Waals surface area contributed by atoms with Gasteiger partial charge in [-0.25, -0.2) is 4.79 Å². The number of urea groups is 1. The lowest BCUT2D eigenvalue weighted by Gasteiger charge is -2.30. The van der Waals surface area contributed by atoms with Gasteiger partial charge in [0.15, 0.2) is 0 Å². The molecule has 180 valence electrons. The van der Waals surface area contributed by atoms with E-state index in [1.165, 1.54) is 6.07 Å². The first-order valence-corrected chi connectivity index (χ1v) is 11.9. The Hall–Kier alpha value is -3.16. The van der Waals surface area contributed by atoms with Gasteiger partial charge in [-0.1, -0.05) is 12.1 Å². The van der Waals surface area contributed by atoms with E-state index in [4.69, 9.17) is 4.74 Å². The van der Waals surface area contributed by atoms with Gasteiger partial charge in [-0.2, -0.15) is 13.2 Å². The molecule has 0 unspecified atom stereocenters. The van der Waals surface area contributed by atoms with Crippen molar-refractivity contribution < 1.29 is 22.7 Å². The molecule has 1 aromatic heterocycles. The van der Waals surface area contributed by atoms with Gasteiger partial charge in [0.25, 0.3) is 0 Å². The fourth-order valence-corrected chi connectivity index (χ4v) is 4.76. The topological polar surface area (TPSA) is 55.3 Å². The lowest BCUT2D eigenvalue weighted by Crippen LogP contribution is -2.41. The summed E-state index contributed by atoms with van der Waals surface area (Å²) >= 11 is 0. The molecule has 1 heterocycles. The summed E-state index contributed by atoms with van der Waals surface area (Å²) in [7, 11) is 0. The van der Waals surface area contributed by atoms with Gasteiger partial charge in [-0.05, 0) is 75.3 Å². The number of carbonyl (C=O) groups is 1. The summed E-state index contributed by atoms with van der Waals surface area (Å²) in [4.78, 5) is 12.2. The van der Waals surface area contributed by atoms with Crippen LogP contribution in [0.2, 0.25) is 0 Å². The minimum Gasteiger partial charge on any atom is -0.494 e. The standard InChI is InChI=1S/C26H28F3N3O2/c1-2-34-20-13-14-21-22(15-20)32(19-7-4-8-19)24(23(21)26(27,28)29)16-9-11-18(12-10-16)31-25(33)30-17-5-3-6-17/h9-15,17,19H,2-8H2,1H3,(H2,30,31,33). The van der Waals surface area contributed by atoms with Crippen molar-refractivity contribution in [1.82, 2.24) is 9.88 Å². The van der Waals surface area contributed by atoms with E-state index in [2.05, 4.69) is 10.6 Å². The van der Waals surface area contributed by atoms with Crippen LogP contribution in [0.25, 0.3) is 22.2 Å². The molecular weight excluding hydrogens is 443 g/mol. The third-order valence-corrected chi connectivity index (χ3v) is 6.87. The number of hydrogen-bond acceptors (Lipinski definition) is 2. The normalized spacial score (nSPS) is 16.7. The van der Waals surface area contributed by atoms with Crippen LogP contribution in [0.1, 0.15) is 57.1 Å². The maximum absolute atomic E-state index is 14.4. The Balaban J connectivity index is 1.56. The number of benzene rings is 2. The first kappa shape index (κ1) is 22.6. The van der Waals surface area contributed by atoms with Crippen molar-refractivity contribution in [3.63, 3.8) is 0 Å². The summed E-state index contributed by atoms with van der Waals surface area (Å²) in [6.07, 6.45) is 1.22. The summed E-state index contributed by atoms with van der Waals surface area (Å²) in [5.74, 6) is 0.561. The molecule has 0 saturated heterocycles. The van der Waals surface area contributed by atoms with Gasteiger partial charge in [0.1, 0.15) is 5.75 Å². The van der Waals surface area contributed by atoms with E-state index in [0.29, 0.717) is 29.1 Å². The highest BCUT2D eigenvalue weighted by Crippen LogP contribution is 2.48. The summed E-state index contributed by atoms with van der Waals surface area (Å²) in [6, 6.07) is 11.4. The summed E-state index contributed by atoms with van der Waals surface area (Å²) in [5, 5.41) is 5.86. The summed E-state index contributed by atoms with van der Waals surface area (Å²) in [6.45, 7) is 2.29. The Bertz CT molecular complexity index is 1190. The number of alkyl halides is 3. The average molecular weight is 472 g/mol. The van der Waals surface area contributed by atoms with Gasteiger partial charge in [0.2, 0.25) is 0 Å². The highest BCUT2D eigenvalue weighted by Gasteiger charge is 2.40. The molecule has 0 spiro atoms. The van der Waals surface area contributed by atoms with Crippen molar-refractivity contribution in [2.75, 3.05) is 11.9 Å². The second-order valence-corrected chi connectivity index (χ2v) is 9.09. The molecule has 3 aromatic rings. The van der Waals surface area contributed by atoms with Crippen LogP contribution >= 0.6 is 0 Å². The van der Waals surface area contributed by atoms with Gasteiger partial charge in [0.05, 0.1) is 23.4 Å². The van der Waals surface area contributed by atoms with Crippen molar-refractivity contribution in [3.8, 4) is 17.0 Å². The van der Waals surface area contributed by atoms with Crippen molar-refractivity contribution in [1.29, 1.82) is 0 Å². The second kappa shape index (κ2) is 8.89. The molecule has 0 bridgehead atoms. The van der Waals surface area contributed by atoms with Crippen LogP contribution in [0.15, 0.2) is 42.5 Å². The number of hydrogen-bond donors (Lipinski definition) is 2. The summed E-state index contributed by atoms with van der Waals surface area (Å²) in [5.41, 5.74) is 1.10. The van der Waals surface area contributed by atoms with E-state index in [1.54, 1.807) is 36.4 Å². The lowest BCUT2D eigenvalue weighted by molar-refractivity contribution is -0.135. The van der Waals surface area contributed by atoms with Crippen molar-refractivity contribution in [3.05, 3.63) is 48.0 Å². The zero-order valence-corrected chi connectivity index (χ0v) is 19.0. The van der Waals surface area contributed by atoms with Crippen LogP contribution in [-0.2, 0) is 6.18 Å². The number of ether oxygens (including phenoxy) is 1. The fraction of sp³-hybridized carbons (Fsp3) is 0.423. The number of aromatic nitrogens is 1. The van der Waals surface area contributed by atoms with Crippen LogP contribution in [-0.4, -0.2) is 23.2 Å². The number of carbonyl (C=O) groups excluding carboxylic acids is 1. The molecule has 2 aromatic carbocycles. The van der Waals surface area contributed by atoms with Crippen LogP contribution in [0.4, 0.5) is 23.7 Å². The third kappa shape index (κ3) is 4.21. The molecule has 0 atom stereocenters. The fourth-order valence-electron chi connectivity index (χ4n) is 4.76. The Kier molecular flexibility index (Phi) is 5.91. The molecule has 0 aliphatic heterocycles. The van der Waals surface area contributed by atoms with Crippen molar-refractivity contribution >= 4 is 22.6 Å². The molecule has 2 aliphatic rings. The molecule has 2 N–H and O–H groups in total. The summed E-state index contributed by atoms with van der Waals surface area (Å²) < 4.78 is 50.7. The third-order valence-electron chi connectivity index (χ3n) is 6.87. The van der Waals surface area contributed by atoms with Gasteiger partial charge in [-0.15, -0.1) is 0 Å². The van der Waals surface area contributed by atoms with Crippen molar-refractivity contribution in [2.24, 2.45) is 0 Å². The monoisotopic (exact) mass is 471 g/mol. The van der Waals surface area contributed by atoms with E-state index >= 15 is 0 Å². The van der Waals surface area contributed by atoms with E-state index in [0.717, 1.165) is 38.5 Å². The van der Waals surface area contributed by atoms with Crippen LogP contribution in [0, 0.1) is 0 Å². The number of anilines is 1. The highest BCUT2D eigenvalue weighted by molar-refractivity contribution is 5.94. The Morgan fingerprint density at radius 3 is 2.32 bits per heavy atom. The minimum atomic E-state index is -4.52. The number of rotatable bonds is 6. The molecule has 2 fully saturated rings. The van der Waals surface area contributed by atoms with Crippen LogP contribution in [0.5, 0.6) is 5.75 Å². The molecule has 34 heavy (non-hydrogen) atoms. The zero-order chi connectivity index (χ0) is 23.9. The van der Waals surface area contributed by atoms with Crippen LogP contribution in [0.3, 0.4) is 0 Å². The number of nitrogens with zero attached hydrogens (tertiary/aromatic N) is 1. The number of halogens is 3. The maximum atomic E-state index is 14.4. The smallest absolute Gasteiger partial charge is 0.419 e. The van der Waals surface area contributed by atoms with E-state index in [9.17, 15) is 18.0 Å². The van der Waals surface area contributed by atoms with Gasteiger partial charge >= 0.3 is 12.2 Å². The molecule has 2 amide bonds. The Morgan fingerprint density at radius 2 is 1.76 bits per heavy atom. The minimum absolute atomic E-state index is 0.0107. The molecule has 8 heteroatoms. The predicted molar refractivity (Wildman–Crippen MR) is 126 cm³/mol. The van der Waals surface area contributed by atoms with E-state index in [-0.39, 0.29) is 29.2 Å². The molecule has 0 radical (unpaired) electrons. The van der Waals surface area contributed by atoms with Crippen molar-refractivity contribution in [2.45, 2.75) is 63.7 Å². The largest absolute Gasteiger partial charge is 0.494 e. The maximum Gasteiger partial charge on any atom is 0.419 e. The highest BCUT2D eigenvalue weighted by atomic mass is 19.4. The average Bonchev–Trinajstić information content (AvgIpc) is 3.05. The lowest BCUT2D eigenvalue weighted by atomic mass is 9.92. The molecule has 5 rings (SSSR count). The molecule has 5 nitrogen and oxygen atoms in total. The first-order chi connectivity index (χ1) is 16.3. The number of nitrogens with one attached hydrogen (secondary N) is 2. The van der Waals surface area contributed by atoms with E-state index < -0.39 is 11.7 Å². The predicted octanol–water partition coefficient (Wildman–Crippen LogP) is 7.12. The molecular formula is C26H28F3N3O2. The first-order valence-electron chi connectivity index (χ1n) is 11.9. The molecule has 2 saturated carbocycles. The quantitative estimate of drug-likeness (QED) is 0.402. The molecule has 2 aliphatic carbocycles. The number of amides is 2. The van der Waals surface area contributed by atoms with Crippen LogP contribution < -0.4 is 15.4 Å². The Morgan fingerprint density at radius 1 is 1.06 bits per heavy atom. The Labute approximate surface area is 196 Å².